The molecule has 0 bridgehead atoms. The second kappa shape index (κ2) is 7.75. The van der Waals surface area contributed by atoms with E-state index < -0.39 is 0 Å². The maximum atomic E-state index is 13.3. The molecule has 0 aliphatic rings. The van der Waals surface area contributed by atoms with Gasteiger partial charge in [-0.15, -0.1) is 0 Å². The first-order valence-electron chi connectivity index (χ1n) is 6.68. The Morgan fingerprint density at radius 1 is 0.905 bits per heavy atom. The maximum absolute atomic E-state index is 13.3. The highest BCUT2D eigenvalue weighted by molar-refractivity contribution is 9.09. The standard InChI is InChI=1S/C17H16Br2ClF/c18-11-17(12-19,9-13-4-2-1-3-5-13)10-14-6-7-16(21)15(20)8-14/h1-8H,9-12H2. The summed E-state index contributed by atoms with van der Waals surface area (Å²) in [6, 6.07) is 15.4. The zero-order chi connectivity index (χ0) is 15.3. The summed E-state index contributed by atoms with van der Waals surface area (Å²) in [5.74, 6) is -0.369. The van der Waals surface area contributed by atoms with Crippen LogP contribution in [0, 0.1) is 11.2 Å². The Hall–Kier alpha value is -0.380. The van der Waals surface area contributed by atoms with Crippen LogP contribution in [0.25, 0.3) is 0 Å². The highest BCUT2D eigenvalue weighted by Crippen LogP contribution is 2.33. The third kappa shape index (κ3) is 4.54. The van der Waals surface area contributed by atoms with Gasteiger partial charge in [0.15, 0.2) is 0 Å². The fourth-order valence-corrected chi connectivity index (χ4v) is 4.32. The molecule has 0 nitrogen and oxygen atoms in total. The van der Waals surface area contributed by atoms with Crippen LogP contribution in [0.4, 0.5) is 4.39 Å². The third-order valence-electron chi connectivity index (χ3n) is 3.55. The Labute approximate surface area is 147 Å². The molecule has 21 heavy (non-hydrogen) atoms. The van der Waals surface area contributed by atoms with Gasteiger partial charge in [-0.2, -0.15) is 0 Å². The zero-order valence-corrected chi connectivity index (χ0v) is 15.4. The summed E-state index contributed by atoms with van der Waals surface area (Å²) in [5, 5.41) is 1.90. The summed E-state index contributed by atoms with van der Waals surface area (Å²) < 4.78 is 13.3. The van der Waals surface area contributed by atoms with Crippen molar-refractivity contribution in [2.75, 3.05) is 10.7 Å². The molecule has 2 rings (SSSR count). The normalized spacial score (nSPS) is 11.6. The van der Waals surface area contributed by atoms with E-state index >= 15 is 0 Å². The molecule has 0 unspecified atom stereocenters. The Bertz CT molecular complexity index is 583. The second-order valence-electron chi connectivity index (χ2n) is 5.35. The number of halogens is 4. The number of hydrogen-bond donors (Lipinski definition) is 0. The minimum Gasteiger partial charge on any atom is -0.205 e. The molecular formula is C17H16Br2ClF. The average Bonchev–Trinajstić information content (AvgIpc) is 2.51. The van der Waals surface area contributed by atoms with Crippen LogP contribution in [0.15, 0.2) is 48.5 Å². The van der Waals surface area contributed by atoms with Crippen molar-refractivity contribution in [2.45, 2.75) is 12.8 Å². The van der Waals surface area contributed by atoms with Gasteiger partial charge in [0, 0.05) is 10.7 Å². The number of hydrogen-bond acceptors (Lipinski definition) is 0. The van der Waals surface area contributed by atoms with Crippen LogP contribution in [-0.2, 0) is 12.8 Å². The molecule has 0 aliphatic heterocycles. The van der Waals surface area contributed by atoms with E-state index in [1.54, 1.807) is 6.07 Å². The van der Waals surface area contributed by atoms with E-state index in [1.165, 1.54) is 11.6 Å². The molecule has 0 N–H and O–H groups in total. The van der Waals surface area contributed by atoms with Crippen LogP contribution in [0.1, 0.15) is 11.1 Å². The van der Waals surface area contributed by atoms with Crippen LogP contribution in [-0.4, -0.2) is 10.7 Å². The van der Waals surface area contributed by atoms with E-state index in [9.17, 15) is 4.39 Å². The van der Waals surface area contributed by atoms with Crippen molar-refractivity contribution >= 4 is 43.5 Å². The van der Waals surface area contributed by atoms with Crippen LogP contribution in [0.3, 0.4) is 0 Å². The molecule has 0 amide bonds. The minimum absolute atomic E-state index is 0.0303. The van der Waals surface area contributed by atoms with Gasteiger partial charge in [0.2, 0.25) is 0 Å². The van der Waals surface area contributed by atoms with Gasteiger partial charge in [-0.05, 0) is 41.5 Å². The lowest BCUT2D eigenvalue weighted by molar-refractivity contribution is 0.386. The monoisotopic (exact) mass is 432 g/mol. The fraction of sp³-hybridized carbons (Fsp3) is 0.294. The van der Waals surface area contributed by atoms with Crippen molar-refractivity contribution in [1.29, 1.82) is 0 Å². The third-order valence-corrected chi connectivity index (χ3v) is 6.22. The molecule has 4 heteroatoms. The van der Waals surface area contributed by atoms with E-state index in [2.05, 4.69) is 56.1 Å². The lowest BCUT2D eigenvalue weighted by Gasteiger charge is -2.30. The van der Waals surface area contributed by atoms with Crippen LogP contribution < -0.4 is 0 Å². The maximum Gasteiger partial charge on any atom is 0.141 e. The van der Waals surface area contributed by atoms with Gasteiger partial charge in [0.1, 0.15) is 5.82 Å². The van der Waals surface area contributed by atoms with Gasteiger partial charge in [0.25, 0.3) is 0 Å². The molecule has 0 fully saturated rings. The Balaban J connectivity index is 2.23. The lowest BCUT2D eigenvalue weighted by Crippen LogP contribution is -2.30. The first kappa shape index (κ1) is 17.0. The first-order chi connectivity index (χ1) is 10.1. The van der Waals surface area contributed by atoms with E-state index in [0.29, 0.717) is 0 Å². The highest BCUT2D eigenvalue weighted by Gasteiger charge is 2.29. The van der Waals surface area contributed by atoms with Crippen molar-refractivity contribution in [1.82, 2.24) is 0 Å². The quantitative estimate of drug-likeness (QED) is 0.486. The predicted octanol–water partition coefficient (Wildman–Crippen LogP) is 6.04. The van der Waals surface area contributed by atoms with E-state index in [-0.39, 0.29) is 16.3 Å². The number of benzene rings is 2. The molecule has 0 spiro atoms. The Morgan fingerprint density at radius 2 is 1.52 bits per heavy atom. The lowest BCUT2D eigenvalue weighted by atomic mass is 9.80. The molecule has 2 aromatic carbocycles. The van der Waals surface area contributed by atoms with Crippen molar-refractivity contribution in [3.8, 4) is 0 Å². The SMILES string of the molecule is Fc1ccc(CC(CBr)(CBr)Cc2ccccc2)cc1Cl. The number of alkyl halides is 2. The zero-order valence-electron chi connectivity index (χ0n) is 11.5. The van der Waals surface area contributed by atoms with Gasteiger partial charge in [-0.1, -0.05) is 79.9 Å². The molecule has 0 aliphatic carbocycles. The predicted molar refractivity (Wildman–Crippen MR) is 95.3 cm³/mol. The summed E-state index contributed by atoms with van der Waals surface area (Å²) in [6.07, 6.45) is 1.78. The summed E-state index contributed by atoms with van der Waals surface area (Å²) >= 11 is 13.2. The summed E-state index contributed by atoms with van der Waals surface area (Å²) in [6.45, 7) is 0. The van der Waals surface area contributed by atoms with Gasteiger partial charge >= 0.3 is 0 Å². The fourth-order valence-electron chi connectivity index (χ4n) is 2.40. The molecule has 0 radical (unpaired) electrons. The number of rotatable bonds is 6. The van der Waals surface area contributed by atoms with Crippen molar-refractivity contribution in [3.63, 3.8) is 0 Å². The summed E-state index contributed by atoms with van der Waals surface area (Å²) in [7, 11) is 0. The van der Waals surface area contributed by atoms with E-state index in [1.807, 2.05) is 12.1 Å². The summed E-state index contributed by atoms with van der Waals surface area (Å²) in [4.78, 5) is 0. The molecule has 0 saturated heterocycles. The summed E-state index contributed by atoms with van der Waals surface area (Å²) in [5.41, 5.74) is 2.38. The van der Waals surface area contributed by atoms with Gasteiger partial charge < -0.3 is 0 Å². The molecule has 0 heterocycles. The molecule has 2 aromatic rings. The van der Waals surface area contributed by atoms with Crippen molar-refractivity contribution in [3.05, 3.63) is 70.5 Å². The first-order valence-corrected chi connectivity index (χ1v) is 9.30. The topological polar surface area (TPSA) is 0 Å². The van der Waals surface area contributed by atoms with Gasteiger partial charge in [-0.25, -0.2) is 4.39 Å². The van der Waals surface area contributed by atoms with Crippen molar-refractivity contribution in [2.24, 2.45) is 5.41 Å². The van der Waals surface area contributed by atoms with Gasteiger partial charge in [-0.3, -0.25) is 0 Å². The Kier molecular flexibility index (Phi) is 6.27. The minimum atomic E-state index is -0.369. The smallest absolute Gasteiger partial charge is 0.141 e. The van der Waals surface area contributed by atoms with Gasteiger partial charge in [0.05, 0.1) is 5.02 Å². The molecule has 112 valence electrons. The van der Waals surface area contributed by atoms with Crippen LogP contribution in [0.5, 0.6) is 0 Å². The average molecular weight is 435 g/mol. The molecule has 0 saturated carbocycles. The second-order valence-corrected chi connectivity index (χ2v) is 6.88. The van der Waals surface area contributed by atoms with Crippen LogP contribution >= 0.6 is 43.5 Å². The molecule has 0 aromatic heterocycles. The van der Waals surface area contributed by atoms with Crippen molar-refractivity contribution < 1.29 is 4.39 Å². The largest absolute Gasteiger partial charge is 0.205 e. The molecular weight excluding hydrogens is 418 g/mol. The van der Waals surface area contributed by atoms with E-state index in [0.717, 1.165) is 29.1 Å². The Morgan fingerprint density at radius 3 is 2.10 bits per heavy atom. The highest BCUT2D eigenvalue weighted by atomic mass is 79.9. The van der Waals surface area contributed by atoms with Crippen LogP contribution in [0.2, 0.25) is 5.02 Å². The molecule has 0 atom stereocenters. The van der Waals surface area contributed by atoms with E-state index in [4.69, 9.17) is 11.6 Å².